The van der Waals surface area contributed by atoms with Crippen LogP contribution in [0.25, 0.3) is 11.2 Å². The van der Waals surface area contributed by atoms with Crippen molar-refractivity contribution in [3.8, 4) is 0 Å². The standard InChI is InChI=1S/C16H26N6O5P/c1-4-12-6-24-16(27-12)11(3)21-28(23)26-9-25-10(2)5-22-8-20-13-14(17)18-7-19-15(13)22/h7-8,10-12,16H,4-6,9H2,1-3H3,(H,21,23)(H2,17,18,19)/q+1/t10-,11+,12-,16?/m1/s1. The van der Waals surface area contributed by atoms with Gasteiger partial charge in [-0.3, -0.25) is 0 Å². The zero-order chi connectivity index (χ0) is 20.1. The third kappa shape index (κ3) is 5.19. The van der Waals surface area contributed by atoms with Gasteiger partial charge in [0.2, 0.25) is 6.79 Å². The first-order valence-electron chi connectivity index (χ1n) is 9.14. The molecule has 5 atom stereocenters. The SMILES string of the molecule is CC[C@@H]1COC([C@H](C)N[P+](=O)OCO[C@H](C)Cn2cnc3c(N)ncnc32)O1. The van der Waals surface area contributed by atoms with Crippen molar-refractivity contribution in [2.24, 2.45) is 0 Å². The Bertz CT molecular complexity index is 805. The van der Waals surface area contributed by atoms with E-state index in [1.165, 1.54) is 6.33 Å². The molecule has 28 heavy (non-hydrogen) atoms. The van der Waals surface area contributed by atoms with Gasteiger partial charge in [0, 0.05) is 0 Å². The number of hydrogen-bond donors (Lipinski definition) is 2. The van der Waals surface area contributed by atoms with Crippen LogP contribution in [0.2, 0.25) is 0 Å². The summed E-state index contributed by atoms with van der Waals surface area (Å²) in [6.45, 7) is 6.65. The molecule has 2 unspecified atom stereocenters. The van der Waals surface area contributed by atoms with Gasteiger partial charge in [0.1, 0.15) is 17.9 Å². The van der Waals surface area contributed by atoms with Crippen molar-refractivity contribution in [1.29, 1.82) is 0 Å². The number of anilines is 1. The van der Waals surface area contributed by atoms with Gasteiger partial charge in [0.15, 0.2) is 17.8 Å². The number of fused-ring (bicyclic) bond motifs is 1. The van der Waals surface area contributed by atoms with Crippen LogP contribution >= 0.6 is 8.18 Å². The van der Waals surface area contributed by atoms with Gasteiger partial charge in [-0.25, -0.2) is 15.0 Å². The highest BCUT2D eigenvalue weighted by atomic mass is 31.1. The van der Waals surface area contributed by atoms with Crippen LogP contribution < -0.4 is 10.8 Å². The first-order chi connectivity index (χ1) is 13.5. The molecule has 0 spiro atoms. The average Bonchev–Trinajstić information content (AvgIpc) is 3.30. The largest absolute Gasteiger partial charge is 0.615 e. The molecule has 1 saturated heterocycles. The van der Waals surface area contributed by atoms with E-state index in [0.717, 1.165) is 6.42 Å². The van der Waals surface area contributed by atoms with Crippen molar-refractivity contribution in [3.63, 3.8) is 0 Å². The summed E-state index contributed by atoms with van der Waals surface area (Å²) in [4.78, 5) is 12.3. The van der Waals surface area contributed by atoms with E-state index in [9.17, 15) is 4.57 Å². The van der Waals surface area contributed by atoms with E-state index in [0.29, 0.717) is 30.1 Å². The Hall–Kier alpha value is -1.75. The van der Waals surface area contributed by atoms with Crippen LogP contribution in [0.15, 0.2) is 12.7 Å². The summed E-state index contributed by atoms with van der Waals surface area (Å²) in [5, 5.41) is 2.83. The number of nitrogens with two attached hydrogens (primary N) is 1. The predicted octanol–water partition coefficient (Wildman–Crippen LogP) is 1.57. The van der Waals surface area contributed by atoms with Gasteiger partial charge >= 0.3 is 8.18 Å². The highest BCUT2D eigenvalue weighted by Gasteiger charge is 2.34. The quantitative estimate of drug-likeness (QED) is 0.436. The molecule has 12 heteroatoms. The normalized spacial score (nSPS) is 22.5. The maximum atomic E-state index is 12.0. The van der Waals surface area contributed by atoms with Crippen LogP contribution in [0.1, 0.15) is 27.2 Å². The smallest absolute Gasteiger partial charge is 0.382 e. The van der Waals surface area contributed by atoms with Gasteiger partial charge < -0.3 is 24.5 Å². The second-order valence-corrected chi connectivity index (χ2v) is 7.63. The van der Waals surface area contributed by atoms with E-state index in [4.69, 9.17) is 24.5 Å². The van der Waals surface area contributed by atoms with Crippen molar-refractivity contribution < 1.29 is 23.3 Å². The van der Waals surface area contributed by atoms with Crippen LogP contribution in [0, 0.1) is 0 Å². The van der Waals surface area contributed by atoms with Gasteiger partial charge in [-0.15, -0.1) is 4.52 Å². The zero-order valence-corrected chi connectivity index (χ0v) is 17.0. The van der Waals surface area contributed by atoms with Crippen LogP contribution in [0.5, 0.6) is 0 Å². The van der Waals surface area contributed by atoms with E-state index >= 15 is 0 Å². The molecular formula is C16H26N6O5P+. The summed E-state index contributed by atoms with van der Waals surface area (Å²) in [5.74, 6) is 0.332. The van der Waals surface area contributed by atoms with Crippen molar-refractivity contribution in [2.75, 3.05) is 19.1 Å². The van der Waals surface area contributed by atoms with Crippen molar-refractivity contribution in [3.05, 3.63) is 12.7 Å². The number of aromatic nitrogens is 4. The van der Waals surface area contributed by atoms with Gasteiger partial charge in [-0.05, 0) is 24.8 Å². The highest BCUT2D eigenvalue weighted by molar-refractivity contribution is 7.36. The zero-order valence-electron chi connectivity index (χ0n) is 16.1. The predicted molar refractivity (Wildman–Crippen MR) is 101 cm³/mol. The van der Waals surface area contributed by atoms with Crippen molar-refractivity contribution in [1.82, 2.24) is 24.6 Å². The Kier molecular flexibility index (Phi) is 7.22. The molecule has 11 nitrogen and oxygen atoms in total. The maximum Gasteiger partial charge on any atom is 0.615 e. The Morgan fingerprint density at radius 3 is 3.00 bits per heavy atom. The fourth-order valence-electron chi connectivity index (χ4n) is 2.77. The molecule has 1 fully saturated rings. The monoisotopic (exact) mass is 413 g/mol. The number of nitrogens with one attached hydrogen (secondary N) is 1. The van der Waals surface area contributed by atoms with Crippen LogP contribution in [0.3, 0.4) is 0 Å². The minimum Gasteiger partial charge on any atom is -0.382 e. The molecule has 2 aromatic rings. The van der Waals surface area contributed by atoms with Gasteiger partial charge in [-0.1, -0.05) is 12.0 Å². The molecule has 3 heterocycles. The fourth-order valence-corrected chi connectivity index (χ4v) is 3.45. The highest BCUT2D eigenvalue weighted by Crippen LogP contribution is 2.23. The van der Waals surface area contributed by atoms with E-state index in [-0.39, 0.29) is 25.0 Å². The Labute approximate surface area is 163 Å². The molecule has 0 bridgehead atoms. The number of rotatable bonds is 10. The molecule has 1 aliphatic heterocycles. The van der Waals surface area contributed by atoms with E-state index in [1.807, 2.05) is 25.3 Å². The van der Waals surface area contributed by atoms with Crippen LogP contribution in [-0.4, -0.2) is 57.5 Å². The Balaban J connectivity index is 1.39. The molecule has 0 radical (unpaired) electrons. The minimum absolute atomic E-state index is 0.0807. The molecule has 0 amide bonds. The van der Waals surface area contributed by atoms with E-state index in [1.54, 1.807) is 6.33 Å². The maximum absolute atomic E-state index is 12.0. The van der Waals surface area contributed by atoms with E-state index < -0.39 is 14.5 Å². The van der Waals surface area contributed by atoms with Gasteiger partial charge in [-0.2, -0.15) is 0 Å². The lowest BCUT2D eigenvalue weighted by Crippen LogP contribution is -2.34. The Morgan fingerprint density at radius 1 is 1.43 bits per heavy atom. The molecule has 0 aromatic carbocycles. The molecule has 3 rings (SSSR count). The molecule has 0 aliphatic carbocycles. The van der Waals surface area contributed by atoms with Crippen molar-refractivity contribution in [2.45, 2.75) is 58.3 Å². The first-order valence-corrected chi connectivity index (χ1v) is 10.3. The average molecular weight is 413 g/mol. The van der Waals surface area contributed by atoms with Crippen molar-refractivity contribution >= 4 is 25.2 Å². The number of nitrogen functional groups attached to an aromatic ring is 1. The number of ether oxygens (including phenoxy) is 3. The summed E-state index contributed by atoms with van der Waals surface area (Å²) >= 11 is 0. The lowest BCUT2D eigenvalue weighted by atomic mass is 10.3. The lowest BCUT2D eigenvalue weighted by Gasteiger charge is -2.15. The van der Waals surface area contributed by atoms with Gasteiger partial charge in [0.25, 0.3) is 0 Å². The summed E-state index contributed by atoms with van der Waals surface area (Å²) in [7, 11) is -2.11. The number of imidazole rings is 1. The minimum atomic E-state index is -2.11. The molecule has 3 N–H and O–H groups in total. The van der Waals surface area contributed by atoms with E-state index in [2.05, 4.69) is 20.0 Å². The molecule has 2 aromatic heterocycles. The molecule has 0 saturated carbocycles. The Morgan fingerprint density at radius 2 is 2.25 bits per heavy atom. The second-order valence-electron chi connectivity index (χ2n) is 6.60. The summed E-state index contributed by atoms with van der Waals surface area (Å²) < 4.78 is 35.9. The number of nitrogens with zero attached hydrogens (tertiary/aromatic N) is 4. The second kappa shape index (κ2) is 9.64. The topological polar surface area (TPSA) is 136 Å². The molecule has 1 aliphatic rings. The third-order valence-corrected chi connectivity index (χ3v) is 5.31. The van der Waals surface area contributed by atoms with Crippen LogP contribution in [0.4, 0.5) is 5.82 Å². The summed E-state index contributed by atoms with van der Waals surface area (Å²) in [6, 6.07) is -0.264. The van der Waals surface area contributed by atoms with Gasteiger partial charge in [0.05, 0.1) is 31.7 Å². The molecule has 154 valence electrons. The number of hydrogen-bond acceptors (Lipinski definition) is 9. The van der Waals surface area contributed by atoms with Crippen LogP contribution in [-0.2, 0) is 29.8 Å². The summed E-state index contributed by atoms with van der Waals surface area (Å²) in [5.41, 5.74) is 6.96. The molecular weight excluding hydrogens is 387 g/mol. The first kappa shape index (κ1) is 21.0. The third-order valence-electron chi connectivity index (χ3n) is 4.35. The summed E-state index contributed by atoms with van der Waals surface area (Å²) in [6.07, 6.45) is 3.32. The lowest BCUT2D eigenvalue weighted by molar-refractivity contribution is -0.0747. The fraction of sp³-hybridized carbons (Fsp3) is 0.688.